The molecule has 6 heteroatoms. The van der Waals surface area contributed by atoms with Crippen molar-refractivity contribution in [3.8, 4) is 0 Å². The van der Waals surface area contributed by atoms with Gasteiger partial charge in [-0.1, -0.05) is 39.0 Å². The molecule has 0 heterocycles. The number of carboxylic acid groups (broad SMARTS) is 3. The maximum absolute atomic E-state index is 11.1. The van der Waals surface area contributed by atoms with Crippen LogP contribution in [0.3, 0.4) is 0 Å². The number of hydrogen-bond acceptors (Lipinski definition) is 3. The van der Waals surface area contributed by atoms with Crippen molar-refractivity contribution < 1.29 is 29.7 Å². The van der Waals surface area contributed by atoms with Crippen LogP contribution in [0, 0.1) is 5.41 Å². The second-order valence-corrected chi connectivity index (χ2v) is 5.06. The fraction of sp³-hybridized carbons (Fsp3) is 0.786. The predicted molar refractivity (Wildman–Crippen MR) is 72.6 cm³/mol. The molecule has 0 rings (SSSR count). The molecule has 0 fully saturated rings. The lowest BCUT2D eigenvalue weighted by Gasteiger charge is -2.22. The number of carbonyl (C=O) groups is 3. The maximum Gasteiger partial charge on any atom is 0.321 e. The summed E-state index contributed by atoms with van der Waals surface area (Å²) >= 11 is 0. The van der Waals surface area contributed by atoms with Gasteiger partial charge in [0.1, 0.15) is 0 Å². The van der Waals surface area contributed by atoms with Gasteiger partial charge in [0.25, 0.3) is 0 Å². The Labute approximate surface area is 118 Å². The van der Waals surface area contributed by atoms with Gasteiger partial charge in [-0.05, 0) is 19.3 Å². The third-order valence-electron chi connectivity index (χ3n) is 3.67. The number of rotatable bonds is 12. The van der Waals surface area contributed by atoms with Gasteiger partial charge in [0.15, 0.2) is 5.41 Å². The van der Waals surface area contributed by atoms with Crippen LogP contribution in [0.15, 0.2) is 0 Å². The van der Waals surface area contributed by atoms with E-state index in [0.717, 1.165) is 25.7 Å². The van der Waals surface area contributed by atoms with Crippen molar-refractivity contribution >= 4 is 17.9 Å². The summed E-state index contributed by atoms with van der Waals surface area (Å²) in [6.45, 7) is 1.58. The van der Waals surface area contributed by atoms with Gasteiger partial charge in [-0.25, -0.2) is 0 Å². The van der Waals surface area contributed by atoms with Gasteiger partial charge >= 0.3 is 17.9 Å². The molecule has 0 saturated heterocycles. The van der Waals surface area contributed by atoms with Crippen LogP contribution < -0.4 is 0 Å². The van der Waals surface area contributed by atoms with E-state index < -0.39 is 23.3 Å². The highest BCUT2D eigenvalue weighted by molar-refractivity contribution is 5.98. The zero-order chi connectivity index (χ0) is 15.6. The van der Waals surface area contributed by atoms with Crippen molar-refractivity contribution in [2.45, 2.75) is 64.7 Å². The summed E-state index contributed by atoms with van der Waals surface area (Å²) in [4.78, 5) is 32.5. The van der Waals surface area contributed by atoms with Gasteiger partial charge < -0.3 is 15.3 Å². The number of unbranched alkanes of at least 4 members (excludes halogenated alkanes) is 5. The van der Waals surface area contributed by atoms with Crippen LogP contribution in [0.2, 0.25) is 0 Å². The minimum Gasteiger partial charge on any atom is -0.481 e. The summed E-state index contributed by atoms with van der Waals surface area (Å²) in [5, 5.41) is 26.6. The van der Waals surface area contributed by atoms with Crippen molar-refractivity contribution in [1.82, 2.24) is 0 Å². The molecular formula is C14H24O6. The smallest absolute Gasteiger partial charge is 0.321 e. The van der Waals surface area contributed by atoms with Crippen molar-refractivity contribution in [3.63, 3.8) is 0 Å². The number of aliphatic carboxylic acids is 3. The summed E-state index contributed by atoms with van der Waals surface area (Å²) in [5.74, 6) is -3.33. The number of carboxylic acids is 3. The van der Waals surface area contributed by atoms with E-state index in [1.54, 1.807) is 6.92 Å². The van der Waals surface area contributed by atoms with Crippen LogP contribution in [0.1, 0.15) is 64.7 Å². The molecule has 0 bridgehead atoms. The molecular weight excluding hydrogens is 264 g/mol. The van der Waals surface area contributed by atoms with Crippen molar-refractivity contribution in [1.29, 1.82) is 0 Å². The van der Waals surface area contributed by atoms with Crippen LogP contribution in [0.25, 0.3) is 0 Å². The molecule has 0 aliphatic carbocycles. The molecule has 0 aromatic rings. The van der Waals surface area contributed by atoms with Gasteiger partial charge in [-0.3, -0.25) is 14.4 Å². The van der Waals surface area contributed by atoms with Crippen LogP contribution in [0.4, 0.5) is 0 Å². The molecule has 0 saturated carbocycles. The first-order valence-corrected chi connectivity index (χ1v) is 7.05. The monoisotopic (exact) mass is 288 g/mol. The quantitative estimate of drug-likeness (QED) is 0.376. The highest BCUT2D eigenvalue weighted by Crippen LogP contribution is 2.30. The van der Waals surface area contributed by atoms with Gasteiger partial charge in [0.05, 0.1) is 0 Å². The maximum atomic E-state index is 11.1. The molecule has 0 aliphatic heterocycles. The first-order chi connectivity index (χ1) is 9.36. The minimum absolute atomic E-state index is 0.0796. The number of hydrogen-bond donors (Lipinski definition) is 3. The Bertz CT molecular complexity index is 323. The summed E-state index contributed by atoms with van der Waals surface area (Å²) in [6.07, 6.45) is 4.99. The van der Waals surface area contributed by atoms with Gasteiger partial charge in [0, 0.05) is 6.42 Å². The highest BCUT2D eigenvalue weighted by atomic mass is 16.4. The van der Waals surface area contributed by atoms with E-state index in [1.807, 2.05) is 0 Å². The molecule has 3 N–H and O–H groups in total. The molecule has 0 spiro atoms. The summed E-state index contributed by atoms with van der Waals surface area (Å²) in [5.41, 5.74) is -1.66. The molecule has 6 nitrogen and oxygen atoms in total. The van der Waals surface area contributed by atoms with Gasteiger partial charge in [-0.15, -0.1) is 0 Å². The first kappa shape index (κ1) is 18.4. The summed E-state index contributed by atoms with van der Waals surface area (Å²) in [6, 6.07) is 0. The summed E-state index contributed by atoms with van der Waals surface area (Å²) in [7, 11) is 0. The standard InChI is InChI=1S/C14H24O6/c1-2-14(12(17)18,13(19)20)10-8-6-4-3-5-7-9-11(15)16/h2-10H2,1H3,(H,15,16)(H,17,18)(H,19,20). The average Bonchev–Trinajstić information content (AvgIpc) is 2.36. The van der Waals surface area contributed by atoms with E-state index >= 15 is 0 Å². The van der Waals surface area contributed by atoms with Crippen LogP contribution in [-0.2, 0) is 14.4 Å². The Hall–Kier alpha value is -1.59. The molecule has 0 aromatic carbocycles. The van der Waals surface area contributed by atoms with E-state index in [2.05, 4.69) is 0 Å². The largest absolute Gasteiger partial charge is 0.481 e. The molecule has 0 amide bonds. The Morgan fingerprint density at radius 3 is 1.65 bits per heavy atom. The molecule has 0 atom stereocenters. The molecule has 0 radical (unpaired) electrons. The van der Waals surface area contributed by atoms with Crippen molar-refractivity contribution in [2.75, 3.05) is 0 Å². The fourth-order valence-corrected chi connectivity index (χ4v) is 2.19. The second kappa shape index (κ2) is 9.34. The highest BCUT2D eigenvalue weighted by Gasteiger charge is 2.44. The SMILES string of the molecule is CCC(CCCCCCCCC(=O)O)(C(=O)O)C(=O)O. The molecule has 0 aromatic heterocycles. The lowest BCUT2D eigenvalue weighted by molar-refractivity contribution is -0.165. The second-order valence-electron chi connectivity index (χ2n) is 5.06. The van der Waals surface area contributed by atoms with Crippen molar-refractivity contribution in [3.05, 3.63) is 0 Å². The topological polar surface area (TPSA) is 112 Å². The van der Waals surface area contributed by atoms with E-state index in [0.29, 0.717) is 12.8 Å². The molecule has 20 heavy (non-hydrogen) atoms. The Balaban J connectivity index is 3.89. The van der Waals surface area contributed by atoms with Gasteiger partial charge in [-0.2, -0.15) is 0 Å². The Kier molecular flexibility index (Phi) is 8.59. The van der Waals surface area contributed by atoms with Crippen LogP contribution in [0.5, 0.6) is 0 Å². The van der Waals surface area contributed by atoms with Gasteiger partial charge in [0.2, 0.25) is 0 Å². The van der Waals surface area contributed by atoms with E-state index in [1.165, 1.54) is 0 Å². The van der Waals surface area contributed by atoms with Crippen LogP contribution >= 0.6 is 0 Å². The van der Waals surface area contributed by atoms with E-state index in [9.17, 15) is 14.4 Å². The average molecular weight is 288 g/mol. The lowest BCUT2D eigenvalue weighted by atomic mass is 9.80. The fourth-order valence-electron chi connectivity index (χ4n) is 2.19. The third kappa shape index (κ3) is 6.04. The molecule has 116 valence electrons. The van der Waals surface area contributed by atoms with E-state index in [-0.39, 0.29) is 19.3 Å². The third-order valence-corrected chi connectivity index (χ3v) is 3.67. The van der Waals surface area contributed by atoms with E-state index in [4.69, 9.17) is 15.3 Å². The zero-order valence-corrected chi connectivity index (χ0v) is 11.9. The molecule has 0 aliphatic rings. The zero-order valence-electron chi connectivity index (χ0n) is 11.9. The minimum atomic E-state index is -1.66. The lowest BCUT2D eigenvalue weighted by Crippen LogP contribution is -2.38. The first-order valence-electron chi connectivity index (χ1n) is 7.05. The normalized spacial score (nSPS) is 11.2. The van der Waals surface area contributed by atoms with Crippen molar-refractivity contribution in [2.24, 2.45) is 5.41 Å². The Morgan fingerprint density at radius 2 is 1.25 bits per heavy atom. The predicted octanol–water partition coefficient (Wildman–Crippen LogP) is 2.76. The Morgan fingerprint density at radius 1 is 0.800 bits per heavy atom. The molecule has 0 unspecified atom stereocenters. The van der Waals surface area contributed by atoms with Crippen LogP contribution in [-0.4, -0.2) is 33.2 Å². The summed E-state index contributed by atoms with van der Waals surface area (Å²) < 4.78 is 0.